The van der Waals surface area contributed by atoms with Crippen molar-refractivity contribution in [2.24, 2.45) is 4.99 Å². The van der Waals surface area contributed by atoms with Gasteiger partial charge < -0.3 is 14.8 Å². The van der Waals surface area contributed by atoms with Crippen LogP contribution in [0.25, 0.3) is 22.2 Å². The maximum absolute atomic E-state index is 11.1. The van der Waals surface area contributed by atoms with Gasteiger partial charge >= 0.3 is 5.97 Å². The second-order valence-electron chi connectivity index (χ2n) is 8.08. The molecular formula is C28H21ClN4O3. The number of hydrogen-bond acceptors (Lipinski definition) is 6. The van der Waals surface area contributed by atoms with Gasteiger partial charge in [-0.05, 0) is 48.5 Å². The van der Waals surface area contributed by atoms with Crippen molar-refractivity contribution in [1.82, 2.24) is 9.97 Å². The zero-order valence-electron chi connectivity index (χ0n) is 18.2. The summed E-state index contributed by atoms with van der Waals surface area (Å²) in [5, 5.41) is 13.8. The van der Waals surface area contributed by atoms with Crippen LogP contribution in [0.5, 0.6) is 0 Å². The highest BCUT2D eigenvalue weighted by molar-refractivity contribution is 6.31. The first kappa shape index (κ1) is 23.3. The minimum Gasteiger partial charge on any atom is -0.478 e. The highest BCUT2D eigenvalue weighted by atomic mass is 35.5. The minimum atomic E-state index is -0.978. The van der Waals surface area contributed by atoms with E-state index in [1.54, 1.807) is 18.3 Å². The molecule has 2 N–H and O–H groups in total. The molecule has 0 bridgehead atoms. The lowest BCUT2D eigenvalue weighted by Gasteiger charge is -2.12. The third-order valence-electron chi connectivity index (χ3n) is 5.81. The largest absolute Gasteiger partial charge is 0.478 e. The maximum atomic E-state index is 11.1. The molecule has 0 saturated carbocycles. The van der Waals surface area contributed by atoms with E-state index in [-0.39, 0.29) is 13.0 Å². The number of aliphatic imine (C=N–C) groups is 1. The molecule has 0 unspecified atom stereocenters. The number of aromatic carboxylic acids is 1. The first-order chi connectivity index (χ1) is 17.0. The Balaban J connectivity index is 0.00000267. The SMILES string of the molecule is C.O=C(O)c1ccc(Nc2ncc3c(n2)-c2ccc(Cl)cc2C(c2cc4ccccc4o2)=NC3)cc1. The van der Waals surface area contributed by atoms with E-state index in [9.17, 15) is 4.79 Å². The molecule has 2 aromatic heterocycles. The van der Waals surface area contributed by atoms with Crippen LogP contribution in [-0.2, 0) is 6.54 Å². The molecular weight excluding hydrogens is 476 g/mol. The summed E-state index contributed by atoms with van der Waals surface area (Å²) >= 11 is 6.39. The number of fused-ring (bicyclic) bond motifs is 4. The van der Waals surface area contributed by atoms with Crippen molar-refractivity contribution in [3.05, 3.63) is 106 Å². The third-order valence-corrected chi connectivity index (χ3v) is 6.05. The predicted octanol–water partition coefficient (Wildman–Crippen LogP) is 6.97. The Morgan fingerprint density at radius 2 is 1.81 bits per heavy atom. The summed E-state index contributed by atoms with van der Waals surface area (Å²) in [6.07, 6.45) is 1.75. The van der Waals surface area contributed by atoms with Crippen LogP contribution in [-0.4, -0.2) is 26.8 Å². The molecule has 0 atom stereocenters. The number of para-hydroxylation sites is 1. The van der Waals surface area contributed by atoms with Crippen molar-refractivity contribution >= 4 is 45.9 Å². The second-order valence-corrected chi connectivity index (χ2v) is 8.51. The van der Waals surface area contributed by atoms with Crippen LogP contribution >= 0.6 is 11.6 Å². The molecule has 0 fully saturated rings. The standard InChI is InChI=1S/C27H17ClN4O3.CH4/c28-18-7-10-20-21(12-18)25(23-11-16-3-1-2-4-22(16)35-23)29-13-17-14-30-27(32-24(17)20)31-19-8-5-15(6-9-19)26(33)34;/h1-12,14H,13H2,(H,33,34)(H,30,31,32);1H4. The highest BCUT2D eigenvalue weighted by Gasteiger charge is 2.23. The number of furan rings is 1. The van der Waals surface area contributed by atoms with E-state index < -0.39 is 5.97 Å². The molecule has 7 nitrogen and oxygen atoms in total. The third kappa shape index (κ3) is 4.21. The lowest BCUT2D eigenvalue weighted by Crippen LogP contribution is -2.04. The zero-order chi connectivity index (χ0) is 23.9. The predicted molar refractivity (Wildman–Crippen MR) is 141 cm³/mol. The van der Waals surface area contributed by atoms with E-state index in [1.807, 2.05) is 48.5 Å². The fourth-order valence-corrected chi connectivity index (χ4v) is 4.29. The van der Waals surface area contributed by atoms with Crippen LogP contribution in [0.1, 0.15) is 34.7 Å². The quantitative estimate of drug-likeness (QED) is 0.278. The summed E-state index contributed by atoms with van der Waals surface area (Å²) in [4.78, 5) is 25.2. The van der Waals surface area contributed by atoms with Gasteiger partial charge in [0.15, 0.2) is 5.76 Å². The van der Waals surface area contributed by atoms with Gasteiger partial charge in [-0.3, -0.25) is 4.99 Å². The van der Waals surface area contributed by atoms with Gasteiger partial charge in [0.25, 0.3) is 0 Å². The fourth-order valence-electron chi connectivity index (χ4n) is 4.12. The number of aromatic nitrogens is 2. The van der Waals surface area contributed by atoms with E-state index in [4.69, 9.17) is 31.1 Å². The second kappa shape index (κ2) is 9.28. The molecule has 0 aliphatic carbocycles. The molecule has 3 aromatic carbocycles. The van der Waals surface area contributed by atoms with Gasteiger partial charge in [0.05, 0.1) is 17.8 Å². The van der Waals surface area contributed by atoms with Gasteiger partial charge in [-0.1, -0.05) is 43.3 Å². The molecule has 0 spiro atoms. The average Bonchev–Trinajstić information content (AvgIpc) is 3.22. The Kier molecular flexibility index (Phi) is 6.00. The first-order valence-electron chi connectivity index (χ1n) is 10.9. The first-order valence-corrected chi connectivity index (χ1v) is 11.2. The van der Waals surface area contributed by atoms with E-state index in [0.29, 0.717) is 34.7 Å². The Labute approximate surface area is 212 Å². The number of halogens is 1. The average molecular weight is 497 g/mol. The molecule has 8 heteroatoms. The van der Waals surface area contributed by atoms with E-state index in [2.05, 4.69) is 10.3 Å². The molecule has 0 amide bonds. The van der Waals surface area contributed by atoms with Gasteiger partial charge in [-0.2, -0.15) is 0 Å². The molecule has 6 rings (SSSR count). The number of carbonyl (C=O) groups is 1. The molecule has 3 heterocycles. The summed E-state index contributed by atoms with van der Waals surface area (Å²) in [5.41, 5.74) is 5.68. The van der Waals surface area contributed by atoms with Gasteiger partial charge in [-0.15, -0.1) is 0 Å². The van der Waals surface area contributed by atoms with Crippen molar-refractivity contribution in [3.8, 4) is 11.3 Å². The van der Waals surface area contributed by atoms with Crippen molar-refractivity contribution in [2.45, 2.75) is 14.0 Å². The number of carboxylic acids is 1. The topological polar surface area (TPSA) is 101 Å². The van der Waals surface area contributed by atoms with Crippen LogP contribution < -0.4 is 5.32 Å². The number of carboxylic acid groups (broad SMARTS) is 1. The molecule has 178 valence electrons. The molecule has 0 radical (unpaired) electrons. The summed E-state index contributed by atoms with van der Waals surface area (Å²) in [5.74, 6) is 0.0700. The molecule has 1 aliphatic rings. The normalized spacial score (nSPS) is 12.1. The molecule has 1 aliphatic heterocycles. The number of nitrogens with one attached hydrogen (secondary N) is 1. The van der Waals surface area contributed by atoms with Gasteiger partial charge in [0.2, 0.25) is 5.95 Å². The highest BCUT2D eigenvalue weighted by Crippen LogP contribution is 2.35. The number of rotatable bonds is 4. The summed E-state index contributed by atoms with van der Waals surface area (Å²) < 4.78 is 6.12. The lowest BCUT2D eigenvalue weighted by molar-refractivity contribution is 0.0697. The van der Waals surface area contributed by atoms with Crippen LogP contribution in [0.2, 0.25) is 5.02 Å². The Morgan fingerprint density at radius 1 is 1.00 bits per heavy atom. The summed E-state index contributed by atoms with van der Waals surface area (Å²) in [6.45, 7) is 0.377. The van der Waals surface area contributed by atoms with Crippen molar-refractivity contribution < 1.29 is 14.3 Å². The summed E-state index contributed by atoms with van der Waals surface area (Å²) in [6, 6.07) is 21.8. The van der Waals surface area contributed by atoms with E-state index >= 15 is 0 Å². The Bertz CT molecular complexity index is 1610. The van der Waals surface area contributed by atoms with Crippen LogP contribution in [0.3, 0.4) is 0 Å². The van der Waals surface area contributed by atoms with Crippen LogP contribution in [0.4, 0.5) is 11.6 Å². The Hall–Kier alpha value is -4.49. The van der Waals surface area contributed by atoms with Crippen molar-refractivity contribution in [1.29, 1.82) is 0 Å². The molecule has 5 aromatic rings. The van der Waals surface area contributed by atoms with Gasteiger partial charge in [-0.25, -0.2) is 14.8 Å². The molecule has 0 saturated heterocycles. The number of hydrogen-bond donors (Lipinski definition) is 2. The number of anilines is 2. The number of nitrogens with zero attached hydrogens (tertiary/aromatic N) is 3. The smallest absolute Gasteiger partial charge is 0.335 e. The minimum absolute atomic E-state index is 0. The van der Waals surface area contributed by atoms with E-state index in [1.165, 1.54) is 12.1 Å². The lowest BCUT2D eigenvalue weighted by atomic mass is 9.98. The van der Waals surface area contributed by atoms with Crippen molar-refractivity contribution in [2.75, 3.05) is 5.32 Å². The van der Waals surface area contributed by atoms with Crippen LogP contribution in [0.15, 0.2) is 88.4 Å². The van der Waals surface area contributed by atoms with Gasteiger partial charge in [0.1, 0.15) is 11.3 Å². The zero-order valence-corrected chi connectivity index (χ0v) is 19.0. The maximum Gasteiger partial charge on any atom is 0.335 e. The fraction of sp³-hybridized carbons (Fsp3) is 0.0714. The van der Waals surface area contributed by atoms with Crippen LogP contribution in [0, 0.1) is 0 Å². The van der Waals surface area contributed by atoms with Gasteiger partial charge in [0, 0.05) is 39.0 Å². The van der Waals surface area contributed by atoms with Crippen molar-refractivity contribution in [3.63, 3.8) is 0 Å². The summed E-state index contributed by atoms with van der Waals surface area (Å²) in [7, 11) is 0. The Morgan fingerprint density at radius 3 is 2.58 bits per heavy atom. The monoisotopic (exact) mass is 496 g/mol. The van der Waals surface area contributed by atoms with E-state index in [0.717, 1.165) is 33.4 Å². The molecule has 36 heavy (non-hydrogen) atoms. The number of benzene rings is 3.